The summed E-state index contributed by atoms with van der Waals surface area (Å²) in [5.74, 6) is -0.638. The van der Waals surface area contributed by atoms with Crippen molar-refractivity contribution in [3.63, 3.8) is 0 Å². The highest BCUT2D eigenvalue weighted by Gasteiger charge is 2.33. The van der Waals surface area contributed by atoms with E-state index in [0.717, 1.165) is 9.87 Å². The fourth-order valence-corrected chi connectivity index (χ4v) is 5.56. The summed E-state index contributed by atoms with van der Waals surface area (Å²) in [6.07, 6.45) is 0. The van der Waals surface area contributed by atoms with Gasteiger partial charge in [-0.3, -0.25) is 13.9 Å². The van der Waals surface area contributed by atoms with Crippen LogP contribution >= 0.6 is 23.2 Å². The largest absolute Gasteiger partial charge is 0.492 e. The first kappa shape index (κ1) is 30.3. The zero-order valence-corrected chi connectivity index (χ0v) is 24.3. The molecule has 3 aromatic rings. The Labute approximate surface area is 239 Å². The molecule has 208 valence electrons. The van der Waals surface area contributed by atoms with Crippen molar-refractivity contribution < 1.29 is 22.7 Å². The fourth-order valence-electron chi connectivity index (χ4n) is 3.88. The van der Waals surface area contributed by atoms with Crippen LogP contribution in [-0.2, 0) is 26.2 Å². The highest BCUT2D eigenvalue weighted by Crippen LogP contribution is 2.33. The number of likely N-dealkylation sites (N-methyl/N-ethyl adjacent to an activating group) is 1. The average molecular weight is 593 g/mol. The van der Waals surface area contributed by atoms with Gasteiger partial charge in [0.1, 0.15) is 18.3 Å². The molecule has 0 saturated heterocycles. The number of nitrogens with zero attached hydrogens (tertiary/aromatic N) is 2. The highest BCUT2D eigenvalue weighted by molar-refractivity contribution is 7.92. The fraction of sp³-hybridized carbons (Fsp3) is 0.286. The Kier molecular flexibility index (Phi) is 10.6. The molecule has 0 aliphatic carbocycles. The Bertz CT molecular complexity index is 1380. The Balaban J connectivity index is 2.07. The van der Waals surface area contributed by atoms with Crippen molar-refractivity contribution in [1.82, 2.24) is 10.2 Å². The number of sulfonamides is 1. The van der Waals surface area contributed by atoms with E-state index in [1.54, 1.807) is 69.3 Å². The molecule has 2 amide bonds. The van der Waals surface area contributed by atoms with Crippen LogP contribution in [0.5, 0.6) is 5.75 Å². The summed E-state index contributed by atoms with van der Waals surface area (Å²) in [6, 6.07) is 18.3. The van der Waals surface area contributed by atoms with Gasteiger partial charge in [-0.15, -0.1) is 0 Å². The molecule has 0 aliphatic rings. The van der Waals surface area contributed by atoms with E-state index in [-0.39, 0.29) is 29.6 Å². The first-order valence-corrected chi connectivity index (χ1v) is 14.6. The van der Waals surface area contributed by atoms with Crippen molar-refractivity contribution in [2.45, 2.75) is 38.3 Å². The maximum atomic E-state index is 13.9. The summed E-state index contributed by atoms with van der Waals surface area (Å²) in [6.45, 7) is 5.32. The number of amides is 2. The molecule has 0 saturated carbocycles. The zero-order chi connectivity index (χ0) is 28.6. The number of hydrogen-bond donors (Lipinski definition) is 1. The lowest BCUT2D eigenvalue weighted by Gasteiger charge is -2.32. The lowest BCUT2D eigenvalue weighted by Crippen LogP contribution is -2.51. The summed E-state index contributed by atoms with van der Waals surface area (Å²) in [7, 11) is -4.25. The minimum atomic E-state index is -4.25. The lowest BCUT2D eigenvalue weighted by atomic mass is 10.1. The number of carbonyl (C=O) groups is 2. The van der Waals surface area contributed by atoms with E-state index in [9.17, 15) is 18.0 Å². The molecule has 11 heteroatoms. The Morgan fingerprint density at radius 1 is 0.923 bits per heavy atom. The number of ether oxygens (including phenoxy) is 1. The van der Waals surface area contributed by atoms with Crippen LogP contribution in [0.1, 0.15) is 26.3 Å². The second-order valence-electron chi connectivity index (χ2n) is 8.58. The summed E-state index contributed by atoms with van der Waals surface area (Å²) in [4.78, 5) is 28.0. The van der Waals surface area contributed by atoms with E-state index in [1.165, 1.54) is 29.2 Å². The maximum Gasteiger partial charge on any atom is 0.264 e. The molecular formula is C28H31Cl2N3O5S. The van der Waals surface area contributed by atoms with Crippen molar-refractivity contribution >= 4 is 50.7 Å². The third-order valence-corrected chi connectivity index (χ3v) is 8.18. The molecule has 1 atom stereocenters. The maximum absolute atomic E-state index is 13.9. The van der Waals surface area contributed by atoms with Gasteiger partial charge in [0.25, 0.3) is 10.0 Å². The van der Waals surface area contributed by atoms with Gasteiger partial charge >= 0.3 is 0 Å². The number of hydrogen-bond acceptors (Lipinski definition) is 5. The molecule has 0 fully saturated rings. The number of carbonyl (C=O) groups excluding carboxylic acids is 2. The number of anilines is 1. The van der Waals surface area contributed by atoms with Crippen LogP contribution in [0.3, 0.4) is 0 Å². The zero-order valence-electron chi connectivity index (χ0n) is 21.9. The third-order valence-electron chi connectivity index (χ3n) is 5.90. The first-order valence-electron chi connectivity index (χ1n) is 12.4. The molecule has 0 aliphatic heterocycles. The van der Waals surface area contributed by atoms with E-state index in [1.807, 2.05) is 0 Å². The van der Waals surface area contributed by atoms with Crippen molar-refractivity contribution in [3.05, 3.63) is 88.4 Å². The van der Waals surface area contributed by atoms with E-state index in [4.69, 9.17) is 27.9 Å². The first-order chi connectivity index (χ1) is 18.6. The number of nitrogens with one attached hydrogen (secondary N) is 1. The summed E-state index contributed by atoms with van der Waals surface area (Å²) in [5, 5.41) is 3.63. The highest BCUT2D eigenvalue weighted by atomic mass is 35.5. The lowest BCUT2D eigenvalue weighted by molar-refractivity contribution is -0.139. The summed E-state index contributed by atoms with van der Waals surface area (Å²) in [5.41, 5.74) is 0.922. The van der Waals surface area contributed by atoms with Crippen LogP contribution in [0.15, 0.2) is 77.7 Å². The number of benzene rings is 3. The average Bonchev–Trinajstić information content (AvgIpc) is 2.92. The Morgan fingerprint density at radius 3 is 2.10 bits per heavy atom. The third kappa shape index (κ3) is 7.65. The molecule has 3 aromatic carbocycles. The SMILES string of the molecule is CCNC(=O)[C@@H](C)N(Cc1ccc(Cl)cc1)C(=O)CN(c1ccccc1OCC)S(=O)(=O)c1ccc(Cl)cc1. The van der Waals surface area contributed by atoms with Crippen LogP contribution < -0.4 is 14.4 Å². The standard InChI is InChI=1S/C28H31Cl2N3O5S/c1-4-31-28(35)20(3)32(18-21-10-12-22(29)13-11-21)27(34)19-33(25-8-6-7-9-26(25)38-5-2)39(36,37)24-16-14-23(30)15-17-24/h6-17,20H,4-5,18-19H2,1-3H3,(H,31,35)/t20-/m1/s1. The molecule has 0 unspecified atom stereocenters. The molecule has 0 aromatic heterocycles. The second-order valence-corrected chi connectivity index (χ2v) is 11.3. The minimum absolute atomic E-state index is 0.0490. The van der Waals surface area contributed by atoms with Gasteiger partial charge in [0.2, 0.25) is 11.8 Å². The normalized spacial score (nSPS) is 11.9. The number of para-hydroxylation sites is 2. The van der Waals surface area contributed by atoms with Crippen LogP contribution in [0.25, 0.3) is 0 Å². The quantitative estimate of drug-likeness (QED) is 0.314. The van der Waals surface area contributed by atoms with E-state index in [2.05, 4.69) is 5.32 Å². The summed E-state index contributed by atoms with van der Waals surface area (Å²) >= 11 is 12.0. The van der Waals surface area contributed by atoms with Gasteiger partial charge < -0.3 is 15.0 Å². The molecule has 0 heterocycles. The monoisotopic (exact) mass is 591 g/mol. The second kappa shape index (κ2) is 13.7. The predicted molar refractivity (Wildman–Crippen MR) is 154 cm³/mol. The van der Waals surface area contributed by atoms with Crippen LogP contribution in [0, 0.1) is 0 Å². The van der Waals surface area contributed by atoms with Crippen molar-refractivity contribution in [3.8, 4) is 5.75 Å². The Hall–Kier alpha value is -3.27. The molecule has 39 heavy (non-hydrogen) atoms. The van der Waals surface area contributed by atoms with Crippen LogP contribution in [-0.4, -0.2) is 50.9 Å². The van der Waals surface area contributed by atoms with Crippen LogP contribution in [0.2, 0.25) is 10.0 Å². The predicted octanol–water partition coefficient (Wildman–Crippen LogP) is 5.14. The van der Waals surface area contributed by atoms with E-state index >= 15 is 0 Å². The van der Waals surface area contributed by atoms with Gasteiger partial charge in [0.05, 0.1) is 17.2 Å². The van der Waals surface area contributed by atoms with E-state index in [0.29, 0.717) is 22.3 Å². The Morgan fingerprint density at radius 2 is 1.51 bits per heavy atom. The molecule has 8 nitrogen and oxygen atoms in total. The summed E-state index contributed by atoms with van der Waals surface area (Å²) < 4.78 is 34.6. The van der Waals surface area contributed by atoms with Gasteiger partial charge in [0, 0.05) is 23.1 Å². The molecular weight excluding hydrogens is 561 g/mol. The molecule has 0 radical (unpaired) electrons. The number of rotatable bonds is 12. The minimum Gasteiger partial charge on any atom is -0.492 e. The number of halogens is 2. The van der Waals surface area contributed by atoms with Gasteiger partial charge in [0.15, 0.2) is 0 Å². The van der Waals surface area contributed by atoms with Gasteiger partial charge in [-0.2, -0.15) is 0 Å². The van der Waals surface area contributed by atoms with Crippen LogP contribution in [0.4, 0.5) is 5.69 Å². The smallest absolute Gasteiger partial charge is 0.264 e. The van der Waals surface area contributed by atoms with E-state index < -0.39 is 28.5 Å². The van der Waals surface area contributed by atoms with Crippen molar-refractivity contribution in [1.29, 1.82) is 0 Å². The molecule has 0 bridgehead atoms. The van der Waals surface area contributed by atoms with Crippen molar-refractivity contribution in [2.24, 2.45) is 0 Å². The van der Waals surface area contributed by atoms with Gasteiger partial charge in [-0.1, -0.05) is 47.5 Å². The molecule has 0 spiro atoms. The van der Waals surface area contributed by atoms with Gasteiger partial charge in [-0.25, -0.2) is 8.42 Å². The molecule has 3 rings (SSSR count). The topological polar surface area (TPSA) is 96.0 Å². The van der Waals surface area contributed by atoms with Crippen molar-refractivity contribution in [2.75, 3.05) is 24.0 Å². The van der Waals surface area contributed by atoms with Gasteiger partial charge in [-0.05, 0) is 74.9 Å². The molecule has 1 N–H and O–H groups in total.